The summed E-state index contributed by atoms with van der Waals surface area (Å²) >= 11 is 1.59. The minimum Gasteiger partial charge on any atom is -0.383 e. The topological polar surface area (TPSA) is 60.9 Å². The van der Waals surface area contributed by atoms with Crippen molar-refractivity contribution in [2.45, 2.75) is 31.9 Å². The summed E-state index contributed by atoms with van der Waals surface area (Å²) in [5.41, 5.74) is 1.87. The van der Waals surface area contributed by atoms with Crippen LogP contribution in [-0.2, 0) is 16.1 Å². The van der Waals surface area contributed by atoms with E-state index >= 15 is 0 Å². The van der Waals surface area contributed by atoms with E-state index in [2.05, 4.69) is 0 Å². The highest BCUT2D eigenvalue weighted by atomic mass is 32.1. The predicted octanol–water partition coefficient (Wildman–Crippen LogP) is 2.65. The van der Waals surface area contributed by atoms with E-state index in [9.17, 15) is 14.7 Å². The van der Waals surface area contributed by atoms with Gasteiger partial charge in [-0.05, 0) is 53.8 Å². The summed E-state index contributed by atoms with van der Waals surface area (Å²) < 4.78 is 0. The van der Waals surface area contributed by atoms with Gasteiger partial charge < -0.3 is 14.9 Å². The Kier molecular flexibility index (Phi) is 5.83. The van der Waals surface area contributed by atoms with Crippen molar-refractivity contribution in [1.29, 1.82) is 0 Å². The Morgan fingerprint density at radius 2 is 2.04 bits per heavy atom. The maximum Gasteiger partial charge on any atom is 0.251 e. The molecule has 0 radical (unpaired) electrons. The van der Waals surface area contributed by atoms with Crippen LogP contribution >= 0.6 is 11.3 Å². The highest BCUT2D eigenvalue weighted by molar-refractivity contribution is 7.07. The number of aliphatic hydroxyl groups is 1. The maximum atomic E-state index is 13.0. The van der Waals surface area contributed by atoms with Gasteiger partial charge in [0, 0.05) is 12.2 Å². The molecule has 2 amide bonds. The van der Waals surface area contributed by atoms with Gasteiger partial charge in [0.2, 0.25) is 5.91 Å². The molecule has 1 aliphatic heterocycles. The summed E-state index contributed by atoms with van der Waals surface area (Å²) in [4.78, 5) is 28.4. The molecule has 0 bridgehead atoms. The van der Waals surface area contributed by atoms with Crippen molar-refractivity contribution in [3.8, 4) is 0 Å². The molecular weight excluding hydrogens is 336 g/mol. The first-order valence-corrected chi connectivity index (χ1v) is 9.43. The first-order valence-electron chi connectivity index (χ1n) is 8.48. The molecule has 2 aromatic rings. The van der Waals surface area contributed by atoms with E-state index in [1.54, 1.807) is 16.2 Å². The number of likely N-dealkylation sites (tertiary alicyclic amines) is 1. The van der Waals surface area contributed by atoms with E-state index in [1.807, 2.05) is 47.2 Å². The van der Waals surface area contributed by atoms with Crippen molar-refractivity contribution >= 4 is 28.8 Å². The minimum absolute atomic E-state index is 0.00503. The average molecular weight is 358 g/mol. The number of aliphatic hydroxyl groups excluding tert-OH is 1. The quantitative estimate of drug-likeness (QED) is 0.894. The highest BCUT2D eigenvalue weighted by Gasteiger charge is 2.28. The Balaban J connectivity index is 1.77. The van der Waals surface area contributed by atoms with E-state index in [0.717, 1.165) is 24.1 Å². The lowest BCUT2D eigenvalue weighted by Crippen LogP contribution is -2.45. The van der Waals surface area contributed by atoms with Crippen LogP contribution in [0.3, 0.4) is 0 Å². The van der Waals surface area contributed by atoms with Crippen molar-refractivity contribution in [1.82, 2.24) is 4.90 Å². The van der Waals surface area contributed by atoms with Crippen LogP contribution in [-0.4, -0.2) is 41.0 Å². The summed E-state index contributed by atoms with van der Waals surface area (Å²) in [6.45, 7) is 0.981. The molecule has 5 nitrogen and oxygen atoms in total. The molecule has 1 fully saturated rings. The van der Waals surface area contributed by atoms with Crippen molar-refractivity contribution in [3.05, 3.63) is 52.7 Å². The van der Waals surface area contributed by atoms with Gasteiger partial charge in [-0.2, -0.15) is 11.3 Å². The van der Waals surface area contributed by atoms with Crippen LogP contribution in [0.15, 0.2) is 47.2 Å². The van der Waals surface area contributed by atoms with Crippen LogP contribution in [0.2, 0.25) is 0 Å². The fourth-order valence-electron chi connectivity index (χ4n) is 2.99. The van der Waals surface area contributed by atoms with Crippen LogP contribution in [0.5, 0.6) is 0 Å². The largest absolute Gasteiger partial charge is 0.383 e. The zero-order valence-corrected chi connectivity index (χ0v) is 14.8. The Labute approximate surface area is 151 Å². The van der Waals surface area contributed by atoms with Crippen molar-refractivity contribution in [3.63, 3.8) is 0 Å². The third-order valence-corrected chi connectivity index (χ3v) is 5.10. The monoisotopic (exact) mass is 358 g/mol. The number of para-hydroxylation sites is 1. The van der Waals surface area contributed by atoms with Crippen LogP contribution in [0, 0.1) is 0 Å². The van der Waals surface area contributed by atoms with E-state index in [0.29, 0.717) is 19.5 Å². The van der Waals surface area contributed by atoms with Gasteiger partial charge in [-0.3, -0.25) is 9.59 Å². The first kappa shape index (κ1) is 17.6. The van der Waals surface area contributed by atoms with Crippen molar-refractivity contribution < 1.29 is 14.7 Å². The number of amides is 2. The molecule has 1 aromatic heterocycles. The Morgan fingerprint density at radius 3 is 2.76 bits per heavy atom. The smallest absolute Gasteiger partial charge is 0.251 e. The maximum absolute atomic E-state index is 13.0. The van der Waals surface area contributed by atoms with E-state index in [1.165, 1.54) is 4.90 Å². The number of thiophene rings is 1. The zero-order chi connectivity index (χ0) is 17.6. The predicted molar refractivity (Wildman–Crippen MR) is 98.4 cm³/mol. The Hall–Kier alpha value is -2.18. The molecule has 1 saturated heterocycles. The number of hydrogen-bond donors (Lipinski definition) is 1. The van der Waals surface area contributed by atoms with Crippen LogP contribution < -0.4 is 4.90 Å². The average Bonchev–Trinajstić information content (AvgIpc) is 3.10. The summed E-state index contributed by atoms with van der Waals surface area (Å²) in [6, 6.07) is 11.5. The van der Waals surface area contributed by atoms with Crippen LogP contribution in [0.4, 0.5) is 5.69 Å². The summed E-state index contributed by atoms with van der Waals surface area (Å²) in [7, 11) is 0. The minimum atomic E-state index is -0.989. The number of rotatable bonds is 5. The van der Waals surface area contributed by atoms with E-state index < -0.39 is 6.10 Å². The molecule has 1 unspecified atom stereocenters. The summed E-state index contributed by atoms with van der Waals surface area (Å²) in [5.74, 6) is -0.478. The lowest BCUT2D eigenvalue weighted by Gasteiger charge is -2.27. The van der Waals surface area contributed by atoms with Gasteiger partial charge in [0.05, 0.1) is 6.54 Å². The third-order valence-electron chi connectivity index (χ3n) is 4.37. The molecule has 0 spiro atoms. The van der Waals surface area contributed by atoms with Crippen molar-refractivity contribution in [2.75, 3.05) is 18.0 Å². The second-order valence-electron chi connectivity index (χ2n) is 6.22. The van der Waals surface area contributed by atoms with Gasteiger partial charge in [-0.25, -0.2) is 0 Å². The summed E-state index contributed by atoms with van der Waals surface area (Å²) in [5, 5.41) is 13.9. The molecular formula is C19H22N2O3S. The number of hydrogen-bond acceptors (Lipinski definition) is 4. The molecule has 1 aromatic carbocycles. The normalized spacial score (nSPS) is 18.0. The third kappa shape index (κ3) is 4.46. The van der Waals surface area contributed by atoms with Crippen molar-refractivity contribution in [2.24, 2.45) is 0 Å². The molecule has 1 atom stereocenters. The Morgan fingerprint density at radius 1 is 1.24 bits per heavy atom. The van der Waals surface area contributed by atoms with Gasteiger partial charge in [-0.1, -0.05) is 18.2 Å². The van der Waals surface area contributed by atoms with Crippen LogP contribution in [0.25, 0.3) is 0 Å². The molecule has 1 N–H and O–H groups in total. The number of carbonyl (C=O) groups is 2. The summed E-state index contributed by atoms with van der Waals surface area (Å²) in [6.07, 6.45) is 1.10. The molecule has 0 saturated carbocycles. The van der Waals surface area contributed by atoms with Gasteiger partial charge >= 0.3 is 0 Å². The van der Waals surface area contributed by atoms with E-state index in [4.69, 9.17) is 0 Å². The SMILES string of the molecule is O=C1C(O)CCCCN1CC(=O)N(Cc1ccsc1)c1ccccc1. The fraction of sp³-hybridized carbons (Fsp3) is 0.368. The number of carbonyl (C=O) groups excluding carboxylic acids is 2. The molecule has 2 heterocycles. The number of benzene rings is 1. The molecule has 0 aliphatic carbocycles. The second kappa shape index (κ2) is 8.27. The number of anilines is 1. The lowest BCUT2D eigenvalue weighted by molar-refractivity contribution is -0.142. The van der Waals surface area contributed by atoms with Gasteiger partial charge in [0.25, 0.3) is 5.91 Å². The first-order chi connectivity index (χ1) is 12.1. The highest BCUT2D eigenvalue weighted by Crippen LogP contribution is 2.20. The van der Waals surface area contributed by atoms with Gasteiger partial charge in [0.15, 0.2) is 0 Å². The fourth-order valence-corrected chi connectivity index (χ4v) is 3.65. The van der Waals surface area contributed by atoms with E-state index in [-0.39, 0.29) is 18.4 Å². The second-order valence-corrected chi connectivity index (χ2v) is 7.00. The molecule has 6 heteroatoms. The molecule has 1 aliphatic rings. The standard InChI is InChI=1S/C19H22N2O3S/c22-17-8-4-5-10-20(19(17)24)13-18(23)21(12-15-9-11-25-14-15)16-6-2-1-3-7-16/h1-3,6-7,9,11,14,17,22H,4-5,8,10,12-13H2. The number of nitrogens with zero attached hydrogens (tertiary/aromatic N) is 2. The molecule has 25 heavy (non-hydrogen) atoms. The molecule has 132 valence electrons. The van der Waals surface area contributed by atoms with Gasteiger partial charge in [-0.15, -0.1) is 0 Å². The molecule has 3 rings (SSSR count). The lowest BCUT2D eigenvalue weighted by atomic mass is 10.2. The zero-order valence-electron chi connectivity index (χ0n) is 14.0. The Bertz CT molecular complexity index is 703. The van der Waals surface area contributed by atoms with Gasteiger partial charge in [0.1, 0.15) is 12.6 Å². The van der Waals surface area contributed by atoms with Crippen LogP contribution in [0.1, 0.15) is 24.8 Å².